The van der Waals surface area contributed by atoms with Gasteiger partial charge in [-0.1, -0.05) is 11.3 Å². The van der Waals surface area contributed by atoms with Crippen molar-refractivity contribution >= 4 is 38.1 Å². The van der Waals surface area contributed by atoms with Crippen LogP contribution in [0.15, 0.2) is 25.9 Å². The van der Waals surface area contributed by atoms with Crippen molar-refractivity contribution in [3.8, 4) is 0 Å². The van der Waals surface area contributed by atoms with Crippen LogP contribution in [0.3, 0.4) is 0 Å². The number of aromatic amines is 1. The van der Waals surface area contributed by atoms with E-state index in [1.165, 1.54) is 23.1 Å². The van der Waals surface area contributed by atoms with Gasteiger partial charge in [0.1, 0.15) is 0 Å². The molecule has 2 aromatic rings. The molecule has 1 aliphatic heterocycles. The molecule has 0 aromatic carbocycles. The van der Waals surface area contributed by atoms with Crippen LogP contribution in [0.2, 0.25) is 0 Å². The van der Waals surface area contributed by atoms with Gasteiger partial charge in [0.25, 0.3) is 15.6 Å². The lowest BCUT2D eigenvalue weighted by Crippen LogP contribution is -2.37. The highest BCUT2D eigenvalue weighted by atomic mass is 32.2. The van der Waals surface area contributed by atoms with Crippen molar-refractivity contribution < 1.29 is 13.3 Å². The van der Waals surface area contributed by atoms with E-state index < -0.39 is 25.6 Å². The molecule has 0 atom stereocenters. The van der Waals surface area contributed by atoms with Gasteiger partial charge < -0.3 is 0 Å². The Labute approximate surface area is 168 Å². The maximum absolute atomic E-state index is 12.6. The molecule has 10 nitrogen and oxygen atoms in total. The fraction of sp³-hybridized carbons (Fsp3) is 0.467. The molecule has 0 spiro atoms. The molecule has 0 saturated heterocycles. The maximum atomic E-state index is 12.6. The number of sulfonamides is 1. The summed E-state index contributed by atoms with van der Waals surface area (Å²) in [7, 11) is -2.66. The minimum atomic E-state index is -4.01. The van der Waals surface area contributed by atoms with Crippen LogP contribution < -0.4 is 11.2 Å². The summed E-state index contributed by atoms with van der Waals surface area (Å²) in [6.45, 7) is 0.318. The van der Waals surface area contributed by atoms with Crippen molar-refractivity contribution in [2.75, 3.05) is 19.3 Å². The number of nitrogens with zero attached hydrogens (tertiary/aromatic N) is 3. The number of rotatable bonds is 7. The predicted molar refractivity (Wildman–Crippen MR) is 107 cm³/mol. The number of hydrogen-bond acceptors (Lipinski definition) is 8. The third-order valence-corrected chi connectivity index (χ3v) is 8.33. The van der Waals surface area contributed by atoms with E-state index in [1.54, 1.807) is 11.8 Å². The van der Waals surface area contributed by atoms with E-state index in [0.717, 1.165) is 21.4 Å². The second-order valence-corrected chi connectivity index (χ2v) is 10.2. The predicted octanol–water partition coefficient (Wildman–Crippen LogP) is 1.01. The molecule has 0 bridgehead atoms. The smallest absolute Gasteiger partial charge is 0.297 e. The van der Waals surface area contributed by atoms with E-state index in [-0.39, 0.29) is 23.5 Å². The van der Waals surface area contributed by atoms with Gasteiger partial charge in [0.15, 0.2) is 4.90 Å². The van der Waals surface area contributed by atoms with E-state index in [2.05, 4.69) is 4.98 Å². The third kappa shape index (κ3) is 3.92. The number of nitro groups is 1. The van der Waals surface area contributed by atoms with Crippen molar-refractivity contribution in [1.82, 2.24) is 13.9 Å². The molecular formula is C15H18N4O6S3. The quantitative estimate of drug-likeness (QED) is 0.495. The highest BCUT2D eigenvalue weighted by Crippen LogP contribution is 2.31. The van der Waals surface area contributed by atoms with Gasteiger partial charge in [-0.2, -0.15) is 11.8 Å². The molecule has 0 unspecified atom stereocenters. The second kappa shape index (κ2) is 8.19. The van der Waals surface area contributed by atoms with Crippen molar-refractivity contribution in [2.24, 2.45) is 0 Å². The zero-order valence-electron chi connectivity index (χ0n) is 14.9. The molecule has 0 radical (unpaired) electrons. The fourth-order valence-corrected chi connectivity index (χ4v) is 6.40. The first kappa shape index (κ1) is 20.8. The molecule has 1 N–H and O–H groups in total. The SMILES string of the molecule is CN(CCCn1c2c(c(=O)[nH]c1=O)CSCC2)S(=O)(=O)c1ccsc1[N+](=O)[O-]. The first-order valence-electron chi connectivity index (χ1n) is 8.34. The molecule has 0 amide bonds. The Morgan fingerprint density at radius 2 is 2.14 bits per heavy atom. The van der Waals surface area contributed by atoms with E-state index >= 15 is 0 Å². The van der Waals surface area contributed by atoms with Crippen molar-refractivity contribution in [3.05, 3.63) is 53.7 Å². The highest BCUT2D eigenvalue weighted by Gasteiger charge is 2.30. The first-order valence-corrected chi connectivity index (χ1v) is 11.8. The summed E-state index contributed by atoms with van der Waals surface area (Å²) in [6, 6.07) is 1.22. The van der Waals surface area contributed by atoms with Crippen LogP contribution in [0, 0.1) is 10.1 Å². The average Bonchev–Trinajstić information content (AvgIpc) is 3.15. The number of hydrogen-bond donors (Lipinski definition) is 1. The molecule has 2 aromatic heterocycles. The van der Waals surface area contributed by atoms with Crippen LogP contribution in [-0.2, 0) is 28.7 Å². The van der Waals surface area contributed by atoms with E-state index in [1.807, 2.05) is 0 Å². The number of aromatic nitrogens is 2. The second-order valence-electron chi connectivity index (χ2n) is 6.17. The number of fused-ring (bicyclic) bond motifs is 1. The van der Waals surface area contributed by atoms with Gasteiger partial charge in [0.05, 0.1) is 4.92 Å². The topological polar surface area (TPSA) is 135 Å². The molecule has 3 heterocycles. The summed E-state index contributed by atoms with van der Waals surface area (Å²) >= 11 is 2.38. The Kier molecular flexibility index (Phi) is 6.07. The van der Waals surface area contributed by atoms with Crippen LogP contribution in [0.25, 0.3) is 0 Å². The van der Waals surface area contributed by atoms with Gasteiger partial charge in [-0.05, 0) is 30.0 Å². The molecule has 1 aliphatic rings. The average molecular weight is 447 g/mol. The van der Waals surface area contributed by atoms with Gasteiger partial charge in [0.2, 0.25) is 0 Å². The van der Waals surface area contributed by atoms with Gasteiger partial charge in [0, 0.05) is 37.1 Å². The molecule has 13 heteroatoms. The Hall–Kier alpha value is -1.96. The van der Waals surface area contributed by atoms with Crippen molar-refractivity contribution in [3.63, 3.8) is 0 Å². The number of thioether (sulfide) groups is 1. The highest BCUT2D eigenvalue weighted by molar-refractivity contribution is 7.98. The summed E-state index contributed by atoms with van der Waals surface area (Å²) in [5, 5.41) is 12.0. The molecule has 152 valence electrons. The molecule has 0 fully saturated rings. The summed E-state index contributed by atoms with van der Waals surface area (Å²) < 4.78 is 27.8. The van der Waals surface area contributed by atoms with E-state index in [0.29, 0.717) is 29.9 Å². The lowest BCUT2D eigenvalue weighted by Gasteiger charge is -2.21. The molecule has 28 heavy (non-hydrogen) atoms. The van der Waals surface area contributed by atoms with Gasteiger partial charge in [-0.3, -0.25) is 24.5 Å². The summed E-state index contributed by atoms with van der Waals surface area (Å²) in [4.78, 5) is 36.4. The minimum Gasteiger partial charge on any atom is -0.297 e. The van der Waals surface area contributed by atoms with E-state index in [9.17, 15) is 28.1 Å². The molecular weight excluding hydrogens is 428 g/mol. The van der Waals surface area contributed by atoms with Crippen molar-refractivity contribution in [1.29, 1.82) is 0 Å². The zero-order valence-corrected chi connectivity index (χ0v) is 17.4. The Morgan fingerprint density at radius 3 is 2.86 bits per heavy atom. The Morgan fingerprint density at radius 1 is 1.39 bits per heavy atom. The number of thiophene rings is 1. The zero-order chi connectivity index (χ0) is 20.5. The Bertz CT molecular complexity index is 1120. The summed E-state index contributed by atoms with van der Waals surface area (Å²) in [6.07, 6.45) is 0.924. The van der Waals surface area contributed by atoms with Crippen LogP contribution >= 0.6 is 23.1 Å². The van der Waals surface area contributed by atoms with E-state index in [4.69, 9.17) is 0 Å². The fourth-order valence-electron chi connectivity index (χ4n) is 3.03. The molecule has 3 rings (SSSR count). The van der Waals surface area contributed by atoms with Crippen molar-refractivity contribution in [2.45, 2.75) is 30.0 Å². The first-order chi connectivity index (χ1) is 13.2. The third-order valence-electron chi connectivity index (χ3n) is 4.46. The lowest BCUT2D eigenvalue weighted by molar-refractivity contribution is -0.383. The lowest BCUT2D eigenvalue weighted by atomic mass is 10.2. The van der Waals surface area contributed by atoms with Gasteiger partial charge in [-0.25, -0.2) is 17.5 Å². The normalized spacial score (nSPS) is 14.2. The Balaban J connectivity index is 1.75. The monoisotopic (exact) mass is 446 g/mol. The van der Waals surface area contributed by atoms with Crippen LogP contribution in [0.5, 0.6) is 0 Å². The van der Waals surface area contributed by atoms with Gasteiger partial charge >= 0.3 is 10.7 Å². The largest absolute Gasteiger partial charge is 0.344 e. The van der Waals surface area contributed by atoms with Crippen LogP contribution in [0.4, 0.5) is 5.00 Å². The van der Waals surface area contributed by atoms with Crippen LogP contribution in [-0.4, -0.2) is 46.5 Å². The van der Waals surface area contributed by atoms with Crippen LogP contribution in [0.1, 0.15) is 17.7 Å². The number of nitrogens with one attached hydrogen (secondary N) is 1. The molecule has 0 saturated carbocycles. The number of H-pyrrole nitrogens is 1. The standard InChI is InChI=1S/C15H18N4O6S3/c1-17(28(24,25)12-4-8-27-14(12)19(22)23)5-2-6-18-11-3-7-26-9-10(11)13(20)16-15(18)21/h4,8H,2-3,5-7,9H2,1H3,(H,16,20,21). The maximum Gasteiger partial charge on any atom is 0.344 e. The minimum absolute atomic E-state index is 0.0738. The molecule has 0 aliphatic carbocycles. The van der Waals surface area contributed by atoms with Gasteiger partial charge in [-0.15, -0.1) is 0 Å². The summed E-state index contributed by atoms with van der Waals surface area (Å²) in [5.74, 6) is 1.35. The summed E-state index contributed by atoms with van der Waals surface area (Å²) in [5.41, 5.74) is 0.416.